The van der Waals surface area contributed by atoms with E-state index in [0.717, 1.165) is 40.4 Å². The van der Waals surface area contributed by atoms with E-state index in [1.54, 1.807) is 7.11 Å². The van der Waals surface area contributed by atoms with E-state index in [1.165, 1.54) is 5.57 Å². The van der Waals surface area contributed by atoms with Crippen molar-refractivity contribution < 1.29 is 9.15 Å². The van der Waals surface area contributed by atoms with Crippen molar-refractivity contribution in [3.8, 4) is 11.8 Å². The minimum absolute atomic E-state index is 0.0900. The Kier molecular flexibility index (Phi) is 3.98. The van der Waals surface area contributed by atoms with Gasteiger partial charge in [0.15, 0.2) is 5.76 Å². The van der Waals surface area contributed by atoms with E-state index >= 15 is 0 Å². The molecule has 2 heterocycles. The number of likely N-dealkylation sites (N-methyl/N-ethyl adjacent to an activating group) is 1. The van der Waals surface area contributed by atoms with Crippen LogP contribution in [0, 0.1) is 17.2 Å². The number of allylic oxidation sites excluding steroid dienone is 4. The molecule has 1 aliphatic heterocycles. The van der Waals surface area contributed by atoms with Crippen LogP contribution < -0.4 is 4.74 Å². The number of fused-ring (bicyclic) bond motifs is 2. The number of hydrogen-bond acceptors (Lipinski definition) is 5. The highest BCUT2D eigenvalue weighted by atomic mass is 16.5. The van der Waals surface area contributed by atoms with Gasteiger partial charge in [0.25, 0.3) is 0 Å². The highest BCUT2D eigenvalue weighted by Gasteiger charge is 2.31. The molecule has 0 saturated heterocycles. The van der Waals surface area contributed by atoms with Gasteiger partial charge >= 0.3 is 0 Å². The Hall–Kier alpha value is -3.10. The number of ether oxygens (including phenoxy) is 1. The summed E-state index contributed by atoms with van der Waals surface area (Å²) in [7, 11) is 5.73. The van der Waals surface area contributed by atoms with E-state index in [4.69, 9.17) is 14.1 Å². The number of nitrogens with zero attached hydrogens (tertiary/aromatic N) is 3. The fourth-order valence-electron chi connectivity index (χ4n) is 3.40. The normalized spacial score (nSPS) is 18.8. The smallest absolute Gasteiger partial charge is 0.153 e. The molecule has 1 aromatic carbocycles. The number of aliphatic imine (C=N–C) groups is 1. The maximum Gasteiger partial charge on any atom is 0.153 e. The van der Waals surface area contributed by atoms with Crippen molar-refractivity contribution in [2.75, 3.05) is 27.7 Å². The van der Waals surface area contributed by atoms with Gasteiger partial charge in [0.2, 0.25) is 0 Å². The van der Waals surface area contributed by atoms with Gasteiger partial charge in [0.1, 0.15) is 17.0 Å². The van der Waals surface area contributed by atoms with Crippen LogP contribution in [0.5, 0.6) is 5.75 Å². The van der Waals surface area contributed by atoms with E-state index < -0.39 is 0 Å². The number of methoxy groups -OCH3 is 1. The summed E-state index contributed by atoms with van der Waals surface area (Å²) in [6.07, 6.45) is 5.78. The number of nitriles is 1. The lowest BCUT2D eigenvalue weighted by Gasteiger charge is -2.18. The number of benzene rings is 1. The first-order chi connectivity index (χ1) is 12.6. The Morgan fingerprint density at radius 2 is 2.15 bits per heavy atom. The first-order valence-electron chi connectivity index (χ1n) is 8.43. The third-order valence-corrected chi connectivity index (χ3v) is 4.58. The maximum atomic E-state index is 9.17. The third-order valence-electron chi connectivity index (χ3n) is 4.58. The maximum absolute atomic E-state index is 9.17. The summed E-state index contributed by atoms with van der Waals surface area (Å²) in [6.45, 7) is 0.771. The Morgan fingerprint density at radius 3 is 2.88 bits per heavy atom. The van der Waals surface area contributed by atoms with E-state index in [2.05, 4.69) is 17.0 Å². The highest BCUT2D eigenvalue weighted by Crippen LogP contribution is 2.38. The van der Waals surface area contributed by atoms with Gasteiger partial charge in [-0.25, -0.2) is 4.99 Å². The van der Waals surface area contributed by atoms with Crippen molar-refractivity contribution in [3.05, 3.63) is 59.4 Å². The molecular weight excluding hydrogens is 326 g/mol. The second-order valence-electron chi connectivity index (χ2n) is 6.71. The van der Waals surface area contributed by atoms with Crippen molar-refractivity contribution in [3.63, 3.8) is 0 Å². The molecule has 1 unspecified atom stereocenters. The molecule has 5 nitrogen and oxygen atoms in total. The number of hydrogen-bond donors (Lipinski definition) is 0. The van der Waals surface area contributed by atoms with E-state index in [9.17, 15) is 5.26 Å². The molecule has 4 rings (SSSR count). The molecule has 2 aliphatic rings. The minimum Gasteiger partial charge on any atom is -0.497 e. The summed E-state index contributed by atoms with van der Waals surface area (Å²) >= 11 is 0. The molecule has 2 aromatic rings. The van der Waals surface area contributed by atoms with Gasteiger partial charge in [-0.2, -0.15) is 5.26 Å². The van der Waals surface area contributed by atoms with Crippen LogP contribution >= 0.6 is 0 Å². The second kappa shape index (κ2) is 6.32. The molecule has 130 valence electrons. The van der Waals surface area contributed by atoms with Gasteiger partial charge in [0.05, 0.1) is 24.5 Å². The van der Waals surface area contributed by atoms with Crippen molar-refractivity contribution in [1.29, 1.82) is 5.26 Å². The standard InChI is InChI=1S/C21H19N3O2/c1-24(2)12-17-16-6-4-13(11-22)8-18(16)23-21(17)20-10-14-9-15(25-3)5-7-19(14)26-20/h4-10,16H,12H2,1-3H3. The summed E-state index contributed by atoms with van der Waals surface area (Å²) in [5, 5.41) is 10.2. The fourth-order valence-corrected chi connectivity index (χ4v) is 3.40. The predicted octanol–water partition coefficient (Wildman–Crippen LogP) is 3.80. The number of furan rings is 1. The molecule has 5 heteroatoms. The first-order valence-corrected chi connectivity index (χ1v) is 8.43. The van der Waals surface area contributed by atoms with Gasteiger partial charge < -0.3 is 14.1 Å². The van der Waals surface area contributed by atoms with Crippen molar-refractivity contribution in [2.24, 2.45) is 10.9 Å². The van der Waals surface area contributed by atoms with Gasteiger partial charge in [-0.15, -0.1) is 0 Å². The van der Waals surface area contributed by atoms with Crippen molar-refractivity contribution in [2.45, 2.75) is 0 Å². The molecule has 1 atom stereocenters. The largest absolute Gasteiger partial charge is 0.497 e. The summed E-state index contributed by atoms with van der Waals surface area (Å²) < 4.78 is 11.4. The van der Waals surface area contributed by atoms with E-state index in [0.29, 0.717) is 5.57 Å². The van der Waals surface area contributed by atoms with Crippen LogP contribution in [0.3, 0.4) is 0 Å². The third kappa shape index (κ3) is 2.75. The quantitative estimate of drug-likeness (QED) is 0.845. The first kappa shape index (κ1) is 16.4. The van der Waals surface area contributed by atoms with Crippen molar-refractivity contribution in [1.82, 2.24) is 4.90 Å². The number of rotatable bonds is 4. The molecule has 0 N–H and O–H groups in total. The summed E-state index contributed by atoms with van der Waals surface area (Å²) in [6, 6.07) is 9.94. The van der Waals surface area contributed by atoms with Crippen LogP contribution in [-0.4, -0.2) is 38.4 Å². The van der Waals surface area contributed by atoms with Gasteiger partial charge in [0, 0.05) is 17.8 Å². The van der Waals surface area contributed by atoms with Crippen LogP contribution in [0.4, 0.5) is 0 Å². The van der Waals surface area contributed by atoms with Gasteiger partial charge in [-0.05, 0) is 56.1 Å². The van der Waals surface area contributed by atoms with Gasteiger partial charge in [-0.1, -0.05) is 6.08 Å². The topological polar surface area (TPSA) is 61.8 Å². The molecule has 1 aromatic heterocycles. The summed E-state index contributed by atoms with van der Waals surface area (Å²) in [5.41, 5.74) is 4.36. The summed E-state index contributed by atoms with van der Waals surface area (Å²) in [4.78, 5) is 6.94. The minimum atomic E-state index is 0.0900. The average molecular weight is 345 g/mol. The zero-order valence-electron chi connectivity index (χ0n) is 15.0. The molecule has 26 heavy (non-hydrogen) atoms. The molecule has 0 fully saturated rings. The Labute approximate surface area is 152 Å². The van der Waals surface area contributed by atoms with Crippen LogP contribution in [0.2, 0.25) is 0 Å². The second-order valence-corrected chi connectivity index (χ2v) is 6.71. The zero-order chi connectivity index (χ0) is 18.3. The molecule has 1 aliphatic carbocycles. The Bertz CT molecular complexity index is 1040. The van der Waals surface area contributed by atoms with Crippen molar-refractivity contribution >= 4 is 22.4 Å². The molecule has 0 saturated carbocycles. The van der Waals surface area contributed by atoms with Gasteiger partial charge in [-0.3, -0.25) is 0 Å². The molecule has 0 spiro atoms. The molecule has 0 radical (unpaired) electrons. The lowest BCUT2D eigenvalue weighted by molar-refractivity contribution is 0.415. The molecular formula is C21H19N3O2. The van der Waals surface area contributed by atoms with Crippen LogP contribution in [0.15, 0.2) is 63.0 Å². The lowest BCUT2D eigenvalue weighted by atomic mass is 9.89. The molecule has 0 amide bonds. The lowest BCUT2D eigenvalue weighted by Crippen LogP contribution is -2.22. The fraction of sp³-hybridized carbons (Fsp3) is 0.238. The Balaban J connectivity index is 1.83. The zero-order valence-corrected chi connectivity index (χ0v) is 15.0. The van der Waals surface area contributed by atoms with Crippen LogP contribution in [-0.2, 0) is 0 Å². The van der Waals surface area contributed by atoms with E-state index in [-0.39, 0.29) is 5.92 Å². The van der Waals surface area contributed by atoms with Crippen LogP contribution in [0.25, 0.3) is 16.7 Å². The predicted molar refractivity (Wildman–Crippen MR) is 102 cm³/mol. The summed E-state index contributed by atoms with van der Waals surface area (Å²) in [5.74, 6) is 1.63. The molecule has 0 bridgehead atoms. The average Bonchev–Trinajstić information content (AvgIpc) is 3.21. The Morgan fingerprint density at radius 1 is 1.31 bits per heavy atom. The SMILES string of the molecule is COc1ccc2oc(C3=C(CN(C)C)C4C=CC(C#N)=CC4=N3)cc2c1. The highest BCUT2D eigenvalue weighted by molar-refractivity contribution is 6.09. The van der Waals surface area contributed by atoms with E-state index in [1.807, 2.05) is 50.5 Å². The van der Waals surface area contributed by atoms with Crippen LogP contribution in [0.1, 0.15) is 5.76 Å². The monoisotopic (exact) mass is 345 g/mol.